The number of allylic oxidation sites excluding steroid dienone is 3. The molecule has 0 amide bonds. The largest absolute Gasteiger partial charge is 0.399 e. The second kappa shape index (κ2) is 6.57. The number of nitrogen functional groups attached to an aromatic ring is 1. The highest BCUT2D eigenvalue weighted by molar-refractivity contribution is 5.73. The Morgan fingerprint density at radius 2 is 1.90 bits per heavy atom. The third kappa shape index (κ3) is 3.26. The van der Waals surface area contributed by atoms with E-state index < -0.39 is 0 Å². The van der Waals surface area contributed by atoms with Crippen LogP contribution in [-0.2, 0) is 0 Å². The van der Waals surface area contributed by atoms with Gasteiger partial charge in [-0.2, -0.15) is 0 Å². The molecule has 2 rings (SSSR count). The molecule has 1 aromatic carbocycles. The van der Waals surface area contributed by atoms with Crippen molar-refractivity contribution in [2.24, 2.45) is 0 Å². The molecule has 0 aliphatic rings. The van der Waals surface area contributed by atoms with Gasteiger partial charge in [0.1, 0.15) is 0 Å². The van der Waals surface area contributed by atoms with E-state index in [1.807, 2.05) is 74.8 Å². The number of nitrogens with one attached hydrogen (secondary N) is 1. The van der Waals surface area contributed by atoms with Crippen molar-refractivity contribution in [3.05, 3.63) is 66.5 Å². The van der Waals surface area contributed by atoms with Crippen LogP contribution in [0.4, 0.5) is 5.69 Å². The molecular formula is C17H19N3. The molecule has 0 bridgehead atoms. The quantitative estimate of drug-likeness (QED) is 0.657. The van der Waals surface area contributed by atoms with Gasteiger partial charge in [0.25, 0.3) is 0 Å². The van der Waals surface area contributed by atoms with E-state index in [-0.39, 0.29) is 0 Å². The zero-order chi connectivity index (χ0) is 14.4. The number of hydrogen-bond acceptors (Lipinski definition) is 3. The Hall–Kier alpha value is -2.55. The average molecular weight is 265 g/mol. The minimum atomic E-state index is 0.759. The van der Waals surface area contributed by atoms with E-state index in [0.717, 1.165) is 28.2 Å². The third-order valence-electron chi connectivity index (χ3n) is 2.90. The smallest absolute Gasteiger partial charge is 0.0723 e. The first-order valence-electron chi connectivity index (χ1n) is 6.58. The summed E-state index contributed by atoms with van der Waals surface area (Å²) < 4.78 is 0. The topological polar surface area (TPSA) is 50.9 Å². The van der Waals surface area contributed by atoms with E-state index in [4.69, 9.17) is 10.7 Å². The van der Waals surface area contributed by atoms with Gasteiger partial charge in [0.05, 0.1) is 11.4 Å². The molecule has 20 heavy (non-hydrogen) atoms. The molecular weight excluding hydrogens is 246 g/mol. The Morgan fingerprint density at radius 3 is 2.55 bits per heavy atom. The Balaban J connectivity index is 2.41. The maximum absolute atomic E-state index is 5.72. The van der Waals surface area contributed by atoms with E-state index in [9.17, 15) is 0 Å². The van der Waals surface area contributed by atoms with Gasteiger partial charge in [-0.15, -0.1) is 0 Å². The Morgan fingerprint density at radius 1 is 1.15 bits per heavy atom. The molecule has 3 heteroatoms. The maximum atomic E-state index is 5.72. The molecule has 0 saturated carbocycles. The van der Waals surface area contributed by atoms with Crippen molar-refractivity contribution in [3.8, 4) is 11.3 Å². The van der Waals surface area contributed by atoms with E-state index in [1.54, 1.807) is 0 Å². The molecule has 0 atom stereocenters. The van der Waals surface area contributed by atoms with Crippen LogP contribution in [0.15, 0.2) is 60.8 Å². The molecule has 0 saturated heterocycles. The number of rotatable bonds is 4. The highest BCUT2D eigenvalue weighted by Crippen LogP contribution is 2.21. The number of hydrogen-bond donors (Lipinski definition) is 2. The standard InChI is InChI=1S/C17H19N3/c1-3-5-14(12-19-2)17-7-4-6-16(20-17)13-8-10-15(18)11-9-13/h3-12,19H,18H2,1-2H3/b5-3-,14-12+. The van der Waals surface area contributed by atoms with Gasteiger partial charge in [0.15, 0.2) is 0 Å². The highest BCUT2D eigenvalue weighted by Gasteiger charge is 2.03. The van der Waals surface area contributed by atoms with Crippen molar-refractivity contribution in [3.63, 3.8) is 0 Å². The van der Waals surface area contributed by atoms with Crippen LogP contribution >= 0.6 is 0 Å². The van der Waals surface area contributed by atoms with Crippen LogP contribution in [0.2, 0.25) is 0 Å². The molecule has 0 unspecified atom stereocenters. The molecule has 3 N–H and O–H groups in total. The van der Waals surface area contributed by atoms with Crippen LogP contribution in [0.3, 0.4) is 0 Å². The molecule has 1 heterocycles. The monoisotopic (exact) mass is 265 g/mol. The predicted octanol–water partition coefficient (Wildman–Crippen LogP) is 3.47. The summed E-state index contributed by atoms with van der Waals surface area (Å²) in [5.41, 5.74) is 10.5. The van der Waals surface area contributed by atoms with Gasteiger partial charge in [-0.25, -0.2) is 4.98 Å². The lowest BCUT2D eigenvalue weighted by Gasteiger charge is -2.06. The molecule has 0 spiro atoms. The van der Waals surface area contributed by atoms with Crippen LogP contribution in [-0.4, -0.2) is 12.0 Å². The third-order valence-corrected chi connectivity index (χ3v) is 2.90. The summed E-state index contributed by atoms with van der Waals surface area (Å²) in [7, 11) is 1.88. The Labute approximate surface area is 119 Å². The van der Waals surface area contributed by atoms with Gasteiger partial charge < -0.3 is 11.1 Å². The molecule has 2 aromatic rings. The maximum Gasteiger partial charge on any atom is 0.0723 e. The van der Waals surface area contributed by atoms with Crippen LogP contribution in [0.25, 0.3) is 16.8 Å². The van der Waals surface area contributed by atoms with Crippen LogP contribution in [0.1, 0.15) is 12.6 Å². The first-order valence-corrected chi connectivity index (χ1v) is 6.58. The van der Waals surface area contributed by atoms with Crippen molar-refractivity contribution < 1.29 is 0 Å². The molecule has 3 nitrogen and oxygen atoms in total. The minimum absolute atomic E-state index is 0.759. The summed E-state index contributed by atoms with van der Waals surface area (Å²) in [6, 6.07) is 13.8. The molecule has 0 fully saturated rings. The Bertz CT molecular complexity index is 625. The summed E-state index contributed by atoms with van der Waals surface area (Å²) in [4.78, 5) is 4.71. The SMILES string of the molecule is C/C=C\C(=C/NC)c1cccc(-c2ccc(N)cc2)n1. The van der Waals surface area contributed by atoms with Crippen LogP contribution in [0, 0.1) is 0 Å². The Kier molecular flexibility index (Phi) is 4.56. The number of anilines is 1. The van der Waals surface area contributed by atoms with Gasteiger partial charge in [-0.05, 0) is 31.2 Å². The minimum Gasteiger partial charge on any atom is -0.399 e. The van der Waals surface area contributed by atoms with E-state index in [2.05, 4.69) is 5.32 Å². The summed E-state index contributed by atoms with van der Waals surface area (Å²) in [6.07, 6.45) is 5.97. The first kappa shape index (κ1) is 13.9. The number of pyridine rings is 1. The summed E-state index contributed by atoms with van der Waals surface area (Å²) in [6.45, 7) is 1.99. The number of nitrogens with zero attached hydrogens (tertiary/aromatic N) is 1. The predicted molar refractivity (Wildman–Crippen MR) is 85.9 cm³/mol. The molecule has 0 aliphatic heterocycles. The summed E-state index contributed by atoms with van der Waals surface area (Å²) >= 11 is 0. The number of aromatic nitrogens is 1. The van der Waals surface area contributed by atoms with Gasteiger partial charge in [-0.1, -0.05) is 30.4 Å². The average Bonchev–Trinajstić information content (AvgIpc) is 2.48. The summed E-state index contributed by atoms with van der Waals surface area (Å²) in [5, 5.41) is 3.05. The van der Waals surface area contributed by atoms with E-state index >= 15 is 0 Å². The lowest BCUT2D eigenvalue weighted by atomic mass is 10.1. The number of benzene rings is 1. The molecule has 102 valence electrons. The molecule has 0 aliphatic carbocycles. The van der Waals surface area contributed by atoms with Crippen molar-refractivity contribution in [2.75, 3.05) is 12.8 Å². The lowest BCUT2D eigenvalue weighted by molar-refractivity contribution is 1.10. The van der Waals surface area contributed by atoms with Gasteiger partial charge in [0, 0.05) is 30.1 Å². The van der Waals surface area contributed by atoms with Crippen molar-refractivity contribution >= 4 is 11.3 Å². The van der Waals surface area contributed by atoms with Crippen LogP contribution < -0.4 is 11.1 Å². The fourth-order valence-electron chi connectivity index (χ4n) is 1.95. The second-order valence-corrected chi connectivity index (χ2v) is 4.42. The van der Waals surface area contributed by atoms with Gasteiger partial charge in [-0.3, -0.25) is 0 Å². The second-order valence-electron chi connectivity index (χ2n) is 4.42. The van der Waals surface area contributed by atoms with Crippen molar-refractivity contribution in [1.29, 1.82) is 0 Å². The zero-order valence-corrected chi connectivity index (χ0v) is 11.8. The van der Waals surface area contributed by atoms with E-state index in [0.29, 0.717) is 0 Å². The molecule has 1 aromatic heterocycles. The molecule has 0 radical (unpaired) electrons. The highest BCUT2D eigenvalue weighted by atomic mass is 14.8. The van der Waals surface area contributed by atoms with E-state index in [1.165, 1.54) is 0 Å². The zero-order valence-electron chi connectivity index (χ0n) is 11.8. The van der Waals surface area contributed by atoms with Crippen molar-refractivity contribution in [2.45, 2.75) is 6.92 Å². The van der Waals surface area contributed by atoms with Gasteiger partial charge >= 0.3 is 0 Å². The fraction of sp³-hybridized carbons (Fsp3) is 0.118. The number of nitrogens with two attached hydrogens (primary N) is 1. The fourth-order valence-corrected chi connectivity index (χ4v) is 1.95. The lowest BCUT2D eigenvalue weighted by Crippen LogP contribution is -1.97. The van der Waals surface area contributed by atoms with Crippen molar-refractivity contribution in [1.82, 2.24) is 10.3 Å². The first-order chi connectivity index (χ1) is 9.74. The summed E-state index contributed by atoms with van der Waals surface area (Å²) in [5.74, 6) is 0. The normalized spacial score (nSPS) is 11.8. The van der Waals surface area contributed by atoms with Crippen LogP contribution in [0.5, 0.6) is 0 Å². The van der Waals surface area contributed by atoms with Gasteiger partial charge in [0.2, 0.25) is 0 Å².